The first-order valence-electron chi connectivity index (χ1n) is 14.2. The van der Waals surface area contributed by atoms with Crippen LogP contribution in [0.15, 0.2) is 30.3 Å². The highest BCUT2D eigenvalue weighted by molar-refractivity contribution is 7.14. The van der Waals surface area contributed by atoms with Crippen LogP contribution >= 0.6 is 11.3 Å². The van der Waals surface area contributed by atoms with Gasteiger partial charge in [-0.3, -0.25) is 10.1 Å². The van der Waals surface area contributed by atoms with E-state index in [9.17, 15) is 4.79 Å². The van der Waals surface area contributed by atoms with Crippen molar-refractivity contribution in [3.63, 3.8) is 0 Å². The molecule has 6 rings (SSSR count). The van der Waals surface area contributed by atoms with Crippen LogP contribution in [0.2, 0.25) is 0 Å². The Morgan fingerprint density at radius 1 is 1.14 bits per heavy atom. The van der Waals surface area contributed by atoms with Crippen molar-refractivity contribution in [2.45, 2.75) is 81.6 Å². The molecule has 5 nitrogen and oxygen atoms in total. The first kappa shape index (κ1) is 23.6. The largest absolute Gasteiger partial charge is 0.425 e. The van der Waals surface area contributed by atoms with Crippen molar-refractivity contribution in [1.29, 1.82) is 0 Å². The summed E-state index contributed by atoms with van der Waals surface area (Å²) in [5.74, 6) is 1.87. The first-order chi connectivity index (χ1) is 17.2. The molecule has 1 amide bonds. The Morgan fingerprint density at radius 2 is 1.97 bits per heavy atom. The molecule has 4 aliphatic rings. The summed E-state index contributed by atoms with van der Waals surface area (Å²) in [5.41, 5.74) is 2.91. The Hall–Kier alpha value is -1.76. The molecule has 1 aromatic carbocycles. The van der Waals surface area contributed by atoms with Crippen LogP contribution in [0.5, 0.6) is 0 Å². The topological polar surface area (TPSA) is 67.7 Å². The molecular formula is C29H43N4OS+3. The summed E-state index contributed by atoms with van der Waals surface area (Å²) in [4.78, 5) is 22.1. The highest BCUT2D eigenvalue weighted by Crippen LogP contribution is 2.47. The van der Waals surface area contributed by atoms with Gasteiger partial charge in [-0.15, -0.1) is 0 Å². The fourth-order valence-electron chi connectivity index (χ4n) is 8.01. The van der Waals surface area contributed by atoms with Crippen LogP contribution in [-0.2, 0) is 16.6 Å². The van der Waals surface area contributed by atoms with Crippen molar-refractivity contribution >= 4 is 22.4 Å². The predicted octanol–water partition coefficient (Wildman–Crippen LogP) is 2.51. The smallest absolute Gasteiger partial charge is 0.345 e. The van der Waals surface area contributed by atoms with Crippen LogP contribution in [0.4, 0.5) is 5.13 Å². The number of likely N-dealkylation sites (tertiary alicyclic amines) is 1. The van der Waals surface area contributed by atoms with Crippen LogP contribution < -0.4 is 15.6 Å². The van der Waals surface area contributed by atoms with E-state index in [4.69, 9.17) is 0 Å². The SMILES string of the molecule is C[NH2+]c1[nH+]c2c(s1)[C@]1(CCC2)C[NH2+]C[C@H]1C(=O)N1CC[C@@H](c2ccccc2)C[C@H]1C1CCCCC1. The molecule has 2 aliphatic heterocycles. The van der Waals surface area contributed by atoms with Gasteiger partial charge < -0.3 is 10.2 Å². The van der Waals surface area contributed by atoms with E-state index in [1.807, 2.05) is 11.3 Å². The highest BCUT2D eigenvalue weighted by atomic mass is 32.1. The minimum absolute atomic E-state index is 0.0283. The second-order valence-corrected chi connectivity index (χ2v) is 12.7. The lowest BCUT2D eigenvalue weighted by atomic mass is 9.68. The van der Waals surface area contributed by atoms with Crippen LogP contribution in [0.3, 0.4) is 0 Å². The highest BCUT2D eigenvalue weighted by Gasteiger charge is 2.58. The minimum Gasteiger partial charge on any atom is -0.345 e. The van der Waals surface area contributed by atoms with E-state index in [0.29, 0.717) is 23.8 Å². The predicted molar refractivity (Wildman–Crippen MR) is 139 cm³/mol. The second kappa shape index (κ2) is 9.95. The number of nitrogens with one attached hydrogen (secondary N) is 1. The summed E-state index contributed by atoms with van der Waals surface area (Å²) in [7, 11) is 2.12. The maximum Gasteiger partial charge on any atom is 0.425 e. The van der Waals surface area contributed by atoms with Crippen molar-refractivity contribution in [3.8, 4) is 0 Å². The number of fused-ring (bicyclic) bond motifs is 2. The summed E-state index contributed by atoms with van der Waals surface area (Å²) < 4.78 is 0. The summed E-state index contributed by atoms with van der Waals surface area (Å²) >= 11 is 1.92. The molecule has 4 atom stereocenters. The van der Waals surface area contributed by atoms with Crippen molar-refractivity contribution in [2.24, 2.45) is 11.8 Å². The second-order valence-electron chi connectivity index (χ2n) is 11.6. The maximum atomic E-state index is 14.5. The van der Waals surface area contributed by atoms with Gasteiger partial charge in [0, 0.05) is 19.0 Å². The van der Waals surface area contributed by atoms with Gasteiger partial charge in [-0.05, 0) is 67.3 Å². The summed E-state index contributed by atoms with van der Waals surface area (Å²) in [6.45, 7) is 2.96. The molecule has 1 saturated carbocycles. The number of rotatable bonds is 4. The molecule has 5 N–H and O–H groups in total. The number of hydrogen-bond acceptors (Lipinski definition) is 2. The van der Waals surface area contributed by atoms with E-state index in [1.165, 1.54) is 66.2 Å². The van der Waals surface area contributed by atoms with Gasteiger partial charge in [0.1, 0.15) is 5.92 Å². The molecule has 0 radical (unpaired) electrons. The van der Waals surface area contributed by atoms with Crippen molar-refractivity contribution < 1.29 is 20.4 Å². The number of piperidine rings is 1. The average Bonchev–Trinajstić information content (AvgIpc) is 3.54. The third-order valence-corrected chi connectivity index (χ3v) is 11.2. The number of aromatic amines is 1. The van der Waals surface area contributed by atoms with Gasteiger partial charge in [0.25, 0.3) is 0 Å². The molecule has 2 saturated heterocycles. The van der Waals surface area contributed by atoms with Gasteiger partial charge in [-0.1, -0.05) is 49.6 Å². The third-order valence-electron chi connectivity index (χ3n) is 9.79. The summed E-state index contributed by atoms with van der Waals surface area (Å²) in [5, 5.41) is 5.90. The number of carbonyl (C=O) groups excluding carboxylic acids is 1. The average molecular weight is 496 g/mol. The molecule has 1 aromatic heterocycles. The number of amides is 1. The first-order valence-corrected chi connectivity index (χ1v) is 15.0. The van der Waals surface area contributed by atoms with E-state index in [0.717, 1.165) is 38.9 Å². The Bertz CT molecular complexity index is 1030. The summed E-state index contributed by atoms with van der Waals surface area (Å²) in [6, 6.07) is 11.5. The van der Waals surface area contributed by atoms with E-state index in [1.54, 1.807) is 0 Å². The van der Waals surface area contributed by atoms with Gasteiger partial charge >= 0.3 is 5.13 Å². The number of quaternary nitrogens is 2. The molecule has 188 valence electrons. The molecule has 3 fully saturated rings. The zero-order chi connectivity index (χ0) is 23.8. The number of benzene rings is 1. The zero-order valence-corrected chi connectivity index (χ0v) is 22.1. The van der Waals surface area contributed by atoms with E-state index >= 15 is 0 Å². The molecule has 35 heavy (non-hydrogen) atoms. The van der Waals surface area contributed by atoms with Crippen LogP contribution in [0, 0.1) is 11.8 Å². The lowest BCUT2D eigenvalue weighted by Crippen LogP contribution is -2.82. The lowest BCUT2D eigenvalue weighted by Gasteiger charge is -2.46. The fourth-order valence-corrected chi connectivity index (χ4v) is 9.33. The molecule has 1 spiro atoms. The number of carbonyl (C=O) groups is 1. The Morgan fingerprint density at radius 3 is 2.77 bits per heavy atom. The van der Waals surface area contributed by atoms with Gasteiger partial charge in [-0.2, -0.15) is 4.98 Å². The molecule has 0 unspecified atom stereocenters. The number of nitrogens with two attached hydrogens (primary N) is 2. The molecule has 2 aliphatic carbocycles. The Labute approximate surface area is 214 Å². The maximum absolute atomic E-state index is 14.5. The Balaban J connectivity index is 1.30. The molecule has 3 heterocycles. The van der Waals surface area contributed by atoms with Crippen LogP contribution in [-0.4, -0.2) is 43.5 Å². The number of thiazole rings is 1. The quantitative estimate of drug-likeness (QED) is 0.673. The summed E-state index contributed by atoms with van der Waals surface area (Å²) in [6.07, 6.45) is 12.4. The van der Waals surface area contributed by atoms with Crippen LogP contribution in [0.25, 0.3) is 0 Å². The molecule has 2 aromatic rings. The molecular weight excluding hydrogens is 452 g/mol. The lowest BCUT2D eigenvalue weighted by molar-refractivity contribution is -0.640. The van der Waals surface area contributed by atoms with Crippen LogP contribution in [0.1, 0.15) is 79.8 Å². The third kappa shape index (κ3) is 4.25. The standard InChI is InChI=1S/C29H40N4OS/c1-30-28-32-24-13-8-15-29(26(24)35-28)19-31-18-23(29)27(34)33-16-14-22(20-9-4-2-5-10-20)17-25(33)21-11-6-3-7-12-21/h2,4-5,9-10,21-23,25,31H,3,6-8,11-19H2,1H3,(H,30,32)/p+3/t22-,23+,25+,29-/m1/s1. The van der Waals surface area contributed by atoms with Crippen molar-refractivity contribution in [3.05, 3.63) is 46.5 Å². The fraction of sp³-hybridized carbons (Fsp3) is 0.655. The number of aryl methyl sites for hydroxylation is 1. The number of nitrogens with zero attached hydrogens (tertiary/aromatic N) is 1. The Kier molecular flexibility index (Phi) is 6.72. The molecule has 0 bridgehead atoms. The van der Waals surface area contributed by atoms with E-state index < -0.39 is 0 Å². The van der Waals surface area contributed by atoms with Crippen molar-refractivity contribution in [1.82, 2.24) is 4.90 Å². The van der Waals surface area contributed by atoms with Gasteiger partial charge in [-0.25, -0.2) is 0 Å². The van der Waals surface area contributed by atoms with Gasteiger partial charge in [0.15, 0.2) is 5.69 Å². The van der Waals surface area contributed by atoms with Gasteiger partial charge in [0.2, 0.25) is 5.91 Å². The zero-order valence-electron chi connectivity index (χ0n) is 21.3. The van der Waals surface area contributed by atoms with E-state index in [-0.39, 0.29) is 11.3 Å². The number of aromatic nitrogens is 1. The number of hydrogen-bond donors (Lipinski definition) is 2. The monoisotopic (exact) mass is 495 g/mol. The molecule has 6 heteroatoms. The van der Waals surface area contributed by atoms with Gasteiger partial charge in [0.05, 0.1) is 30.4 Å². The minimum atomic E-state index is 0.0283. The normalized spacial score (nSPS) is 31.6. The van der Waals surface area contributed by atoms with E-state index in [2.05, 4.69) is 57.9 Å². The number of H-pyrrole nitrogens is 1. The van der Waals surface area contributed by atoms with Crippen molar-refractivity contribution in [2.75, 3.05) is 26.7 Å².